The maximum atomic E-state index is 12.1. The molecule has 7 heteroatoms. The summed E-state index contributed by atoms with van der Waals surface area (Å²) in [4.78, 5) is 28.0. The van der Waals surface area contributed by atoms with Gasteiger partial charge in [-0.2, -0.15) is 0 Å². The van der Waals surface area contributed by atoms with E-state index in [1.165, 1.54) is 18.4 Å². The van der Waals surface area contributed by atoms with Gasteiger partial charge in [0, 0.05) is 12.0 Å². The molecule has 0 fully saturated rings. The van der Waals surface area contributed by atoms with Crippen molar-refractivity contribution in [3.63, 3.8) is 0 Å². The van der Waals surface area contributed by atoms with E-state index in [4.69, 9.17) is 9.84 Å². The molecule has 1 aromatic heterocycles. The highest BCUT2D eigenvalue weighted by Gasteiger charge is 2.31. The number of rotatable bonds is 6. The normalized spacial score (nSPS) is 13.9. The van der Waals surface area contributed by atoms with Gasteiger partial charge in [0.25, 0.3) is 5.91 Å². The van der Waals surface area contributed by atoms with E-state index in [9.17, 15) is 9.59 Å². The zero-order chi connectivity index (χ0) is 14.6. The van der Waals surface area contributed by atoms with Gasteiger partial charge in [-0.1, -0.05) is 0 Å². The number of amides is 1. The summed E-state index contributed by atoms with van der Waals surface area (Å²) >= 11 is 1.43. The number of carbonyl (C=O) groups is 2. The molecule has 0 saturated carbocycles. The Morgan fingerprint density at radius 1 is 1.47 bits per heavy atom. The minimum absolute atomic E-state index is 0.118. The van der Waals surface area contributed by atoms with Gasteiger partial charge in [-0.25, -0.2) is 4.98 Å². The highest BCUT2D eigenvalue weighted by atomic mass is 32.1. The van der Waals surface area contributed by atoms with Crippen LogP contribution < -0.4 is 5.32 Å². The third kappa shape index (κ3) is 4.29. The number of hydrogen-bond acceptors (Lipinski definition) is 5. The number of nitrogens with one attached hydrogen (secondary N) is 1. The summed E-state index contributed by atoms with van der Waals surface area (Å²) in [6, 6.07) is 0. The van der Waals surface area contributed by atoms with Crippen molar-refractivity contribution >= 4 is 23.2 Å². The SMILES string of the molecule is COCC(C)(CC(=O)O)NC(=O)c1nc(C)sc1C. The standard InChI is InChI=1S/C12H18N2O4S/c1-7-10(13-8(2)19-7)11(17)14-12(3,6-18-4)5-9(15)16/h5-6H2,1-4H3,(H,14,17)(H,15,16). The van der Waals surface area contributed by atoms with E-state index in [0.717, 1.165) is 9.88 Å². The Morgan fingerprint density at radius 2 is 2.11 bits per heavy atom. The number of aliphatic carboxylic acids is 1. The smallest absolute Gasteiger partial charge is 0.305 e. The molecule has 6 nitrogen and oxygen atoms in total. The van der Waals surface area contributed by atoms with Crippen molar-refractivity contribution in [2.45, 2.75) is 32.7 Å². The zero-order valence-electron chi connectivity index (χ0n) is 11.4. The number of carboxylic acid groups (broad SMARTS) is 1. The molecule has 2 N–H and O–H groups in total. The second-order valence-corrected chi connectivity index (χ2v) is 6.06. The largest absolute Gasteiger partial charge is 0.481 e. The molecular weight excluding hydrogens is 268 g/mol. The molecule has 19 heavy (non-hydrogen) atoms. The molecule has 0 aliphatic rings. The van der Waals surface area contributed by atoms with Gasteiger partial charge in [0.15, 0.2) is 0 Å². The fourth-order valence-electron chi connectivity index (χ4n) is 1.86. The topological polar surface area (TPSA) is 88.5 Å². The molecular formula is C12H18N2O4S. The van der Waals surface area contributed by atoms with Gasteiger partial charge in [0.05, 0.1) is 23.6 Å². The van der Waals surface area contributed by atoms with Crippen LogP contribution in [0.5, 0.6) is 0 Å². The highest BCUT2D eigenvalue weighted by Crippen LogP contribution is 2.18. The van der Waals surface area contributed by atoms with Crippen molar-refractivity contribution < 1.29 is 19.4 Å². The summed E-state index contributed by atoms with van der Waals surface area (Å²) < 4.78 is 4.98. The van der Waals surface area contributed by atoms with Crippen LogP contribution in [0.25, 0.3) is 0 Å². The summed E-state index contributed by atoms with van der Waals surface area (Å²) in [7, 11) is 1.46. The van der Waals surface area contributed by atoms with Crippen molar-refractivity contribution in [1.82, 2.24) is 10.3 Å². The van der Waals surface area contributed by atoms with Crippen molar-refractivity contribution in [3.05, 3.63) is 15.6 Å². The monoisotopic (exact) mass is 286 g/mol. The Morgan fingerprint density at radius 3 is 2.53 bits per heavy atom. The maximum absolute atomic E-state index is 12.1. The molecule has 1 rings (SSSR count). The fourth-order valence-corrected chi connectivity index (χ4v) is 2.67. The molecule has 1 aromatic rings. The predicted octanol–water partition coefficient (Wildman–Crippen LogP) is 1.37. The lowest BCUT2D eigenvalue weighted by molar-refractivity contribution is -0.139. The molecule has 106 valence electrons. The second kappa shape index (κ2) is 6.12. The number of ether oxygens (including phenoxy) is 1. The Hall–Kier alpha value is -1.47. The summed E-state index contributed by atoms with van der Waals surface area (Å²) in [6.07, 6.45) is -0.214. The summed E-state index contributed by atoms with van der Waals surface area (Å²) in [6.45, 7) is 5.38. The van der Waals surface area contributed by atoms with Gasteiger partial charge < -0.3 is 15.2 Å². The number of carboxylic acids is 1. The van der Waals surface area contributed by atoms with E-state index >= 15 is 0 Å². The van der Waals surface area contributed by atoms with Crippen LogP contribution in [0.3, 0.4) is 0 Å². The zero-order valence-corrected chi connectivity index (χ0v) is 12.3. The lowest BCUT2D eigenvalue weighted by Gasteiger charge is -2.28. The molecule has 0 bridgehead atoms. The molecule has 0 aromatic carbocycles. The Bertz CT molecular complexity index is 486. The quantitative estimate of drug-likeness (QED) is 0.824. The van der Waals surface area contributed by atoms with Gasteiger partial charge in [0.2, 0.25) is 0 Å². The summed E-state index contributed by atoms with van der Waals surface area (Å²) in [5.74, 6) is -1.37. The molecule has 0 spiro atoms. The van der Waals surface area contributed by atoms with Gasteiger partial charge in [-0.05, 0) is 20.8 Å². The third-order valence-corrected chi connectivity index (χ3v) is 3.42. The first-order chi connectivity index (χ1) is 8.77. The number of aryl methyl sites for hydroxylation is 2. The van der Waals surface area contributed by atoms with Crippen LogP contribution in [0, 0.1) is 13.8 Å². The van der Waals surface area contributed by atoms with E-state index in [-0.39, 0.29) is 18.9 Å². The summed E-state index contributed by atoms with van der Waals surface area (Å²) in [5, 5.41) is 12.4. The van der Waals surface area contributed by atoms with Gasteiger partial charge in [-0.3, -0.25) is 9.59 Å². The van der Waals surface area contributed by atoms with Crippen LogP contribution in [-0.2, 0) is 9.53 Å². The molecule has 1 amide bonds. The lowest BCUT2D eigenvalue weighted by atomic mass is 9.98. The Labute approximate surface area is 115 Å². The number of hydrogen-bond donors (Lipinski definition) is 2. The third-order valence-electron chi connectivity index (χ3n) is 2.54. The molecule has 0 radical (unpaired) electrons. The van der Waals surface area contributed by atoms with Gasteiger partial charge in [0.1, 0.15) is 5.69 Å². The predicted molar refractivity (Wildman–Crippen MR) is 71.6 cm³/mol. The van der Waals surface area contributed by atoms with Crippen LogP contribution in [0.2, 0.25) is 0 Å². The average molecular weight is 286 g/mol. The minimum atomic E-state index is -0.994. The van der Waals surface area contributed by atoms with Gasteiger partial charge in [-0.15, -0.1) is 11.3 Å². The number of carbonyl (C=O) groups excluding carboxylic acids is 1. The second-order valence-electron chi connectivity index (χ2n) is 4.66. The summed E-state index contributed by atoms with van der Waals surface area (Å²) in [5.41, 5.74) is -0.614. The minimum Gasteiger partial charge on any atom is -0.481 e. The first-order valence-corrected chi connectivity index (χ1v) is 6.56. The molecule has 0 aliphatic heterocycles. The van der Waals surface area contributed by atoms with Crippen molar-refractivity contribution in [2.75, 3.05) is 13.7 Å². The molecule has 0 saturated heterocycles. The van der Waals surface area contributed by atoms with E-state index < -0.39 is 11.5 Å². The van der Waals surface area contributed by atoms with E-state index in [2.05, 4.69) is 10.3 Å². The lowest BCUT2D eigenvalue weighted by Crippen LogP contribution is -2.51. The number of methoxy groups -OCH3 is 1. The highest BCUT2D eigenvalue weighted by molar-refractivity contribution is 7.11. The molecule has 1 unspecified atom stereocenters. The van der Waals surface area contributed by atoms with Crippen LogP contribution >= 0.6 is 11.3 Å². The number of aromatic nitrogens is 1. The van der Waals surface area contributed by atoms with E-state index in [0.29, 0.717) is 5.69 Å². The number of thiazole rings is 1. The molecule has 1 atom stereocenters. The van der Waals surface area contributed by atoms with Crippen molar-refractivity contribution in [1.29, 1.82) is 0 Å². The van der Waals surface area contributed by atoms with Crippen LogP contribution in [-0.4, -0.2) is 41.2 Å². The maximum Gasteiger partial charge on any atom is 0.305 e. The average Bonchev–Trinajstić information content (AvgIpc) is 2.56. The number of nitrogens with zero attached hydrogens (tertiary/aromatic N) is 1. The van der Waals surface area contributed by atoms with Crippen LogP contribution in [0.1, 0.15) is 33.7 Å². The van der Waals surface area contributed by atoms with E-state index in [1.807, 2.05) is 13.8 Å². The van der Waals surface area contributed by atoms with E-state index in [1.54, 1.807) is 6.92 Å². The molecule has 0 aliphatic carbocycles. The Kier molecular flexibility index (Phi) is 5.02. The first-order valence-electron chi connectivity index (χ1n) is 5.74. The first kappa shape index (κ1) is 15.6. The van der Waals surface area contributed by atoms with Crippen LogP contribution in [0.4, 0.5) is 0 Å². The van der Waals surface area contributed by atoms with Crippen molar-refractivity contribution in [3.8, 4) is 0 Å². The van der Waals surface area contributed by atoms with Crippen molar-refractivity contribution in [2.24, 2.45) is 0 Å². The molecule has 1 heterocycles. The van der Waals surface area contributed by atoms with Gasteiger partial charge >= 0.3 is 5.97 Å². The Balaban J connectivity index is 2.87. The fraction of sp³-hybridized carbons (Fsp3) is 0.583. The van der Waals surface area contributed by atoms with Crippen LogP contribution in [0.15, 0.2) is 0 Å².